The fourth-order valence-corrected chi connectivity index (χ4v) is 4.64. The minimum absolute atomic E-state index is 0.147. The first-order valence-corrected chi connectivity index (χ1v) is 10.8. The summed E-state index contributed by atoms with van der Waals surface area (Å²) in [5, 5.41) is 10.9. The first-order valence-electron chi connectivity index (χ1n) is 10.8. The molecule has 2 aliphatic rings. The Morgan fingerprint density at radius 1 is 1.22 bits per heavy atom. The van der Waals surface area contributed by atoms with E-state index in [0.29, 0.717) is 18.3 Å². The van der Waals surface area contributed by atoms with Gasteiger partial charge in [0.2, 0.25) is 0 Å². The van der Waals surface area contributed by atoms with E-state index in [1.54, 1.807) is 4.90 Å². The van der Waals surface area contributed by atoms with Crippen molar-refractivity contribution in [2.45, 2.75) is 123 Å². The van der Waals surface area contributed by atoms with Crippen molar-refractivity contribution < 1.29 is 19.4 Å². The molecule has 3 atom stereocenters. The van der Waals surface area contributed by atoms with E-state index in [0.717, 1.165) is 6.42 Å². The zero-order valence-corrected chi connectivity index (χ0v) is 18.5. The van der Waals surface area contributed by atoms with E-state index in [2.05, 4.69) is 13.8 Å². The van der Waals surface area contributed by atoms with Crippen molar-refractivity contribution in [1.82, 2.24) is 4.90 Å². The third kappa shape index (κ3) is 6.08. The maximum absolute atomic E-state index is 13.1. The van der Waals surface area contributed by atoms with Crippen LogP contribution >= 0.6 is 0 Å². The lowest BCUT2D eigenvalue weighted by Crippen LogP contribution is -2.51. The van der Waals surface area contributed by atoms with Crippen LogP contribution in [0, 0.1) is 11.8 Å². The second-order valence-corrected chi connectivity index (χ2v) is 10.4. The molecule has 0 aromatic heterocycles. The van der Waals surface area contributed by atoms with Crippen LogP contribution in [0.15, 0.2) is 0 Å². The minimum atomic E-state index is -0.787. The van der Waals surface area contributed by atoms with Gasteiger partial charge in [0.15, 0.2) is 0 Å². The van der Waals surface area contributed by atoms with Crippen LogP contribution in [0.3, 0.4) is 0 Å². The highest BCUT2D eigenvalue weighted by atomic mass is 16.6. The first kappa shape index (κ1) is 22.5. The minimum Gasteiger partial charge on any atom is -0.444 e. The van der Waals surface area contributed by atoms with Gasteiger partial charge < -0.3 is 14.6 Å². The fourth-order valence-electron chi connectivity index (χ4n) is 4.64. The number of hydrogen-bond acceptors (Lipinski definition) is 4. The van der Waals surface area contributed by atoms with Gasteiger partial charge in [-0.1, -0.05) is 46.0 Å². The standard InChI is InChI=1S/C22H41NO4/c1-15(2)13-18(24)19-17(14-16-11-9-8-10-12-16)23(22(6,7)26-19)20(25)27-21(3,4)5/h15-19,24H,8-14H2,1-7H3/t17-,18-,19+/m0/s1. The second-order valence-electron chi connectivity index (χ2n) is 10.4. The van der Waals surface area contributed by atoms with Crippen LogP contribution in [-0.2, 0) is 9.47 Å². The molecule has 1 saturated carbocycles. The Morgan fingerprint density at radius 2 is 1.81 bits per heavy atom. The number of nitrogens with zero attached hydrogens (tertiary/aromatic N) is 1. The molecule has 5 heteroatoms. The highest BCUT2D eigenvalue weighted by molar-refractivity contribution is 5.70. The summed E-state index contributed by atoms with van der Waals surface area (Å²) in [6.45, 7) is 13.7. The molecule has 2 rings (SSSR count). The van der Waals surface area contributed by atoms with Crippen molar-refractivity contribution in [3.63, 3.8) is 0 Å². The summed E-state index contributed by atoms with van der Waals surface area (Å²) in [5.74, 6) is 0.956. The quantitative estimate of drug-likeness (QED) is 0.717. The molecule has 2 fully saturated rings. The van der Waals surface area contributed by atoms with Crippen molar-refractivity contribution >= 4 is 6.09 Å². The normalized spacial score (nSPS) is 27.8. The molecule has 0 bridgehead atoms. The van der Waals surface area contributed by atoms with Gasteiger partial charge in [0.1, 0.15) is 17.4 Å². The molecule has 158 valence electrons. The molecule has 27 heavy (non-hydrogen) atoms. The molecule has 0 spiro atoms. The van der Waals surface area contributed by atoms with Gasteiger partial charge in [-0.25, -0.2) is 4.79 Å². The zero-order valence-electron chi connectivity index (χ0n) is 18.5. The lowest BCUT2D eigenvalue weighted by Gasteiger charge is -2.37. The molecule has 0 aromatic carbocycles. The third-order valence-electron chi connectivity index (χ3n) is 5.70. The number of hydrogen-bond donors (Lipinski definition) is 1. The predicted molar refractivity (Wildman–Crippen MR) is 107 cm³/mol. The van der Waals surface area contributed by atoms with Gasteiger partial charge in [-0.2, -0.15) is 0 Å². The van der Waals surface area contributed by atoms with Crippen LogP contribution in [0.4, 0.5) is 4.79 Å². The van der Waals surface area contributed by atoms with Crippen molar-refractivity contribution in [1.29, 1.82) is 0 Å². The molecule has 1 aliphatic carbocycles. The Morgan fingerprint density at radius 3 is 2.33 bits per heavy atom. The van der Waals surface area contributed by atoms with E-state index in [1.165, 1.54) is 32.1 Å². The highest BCUT2D eigenvalue weighted by Crippen LogP contribution is 2.41. The van der Waals surface area contributed by atoms with E-state index < -0.39 is 17.4 Å². The molecule has 1 N–H and O–H groups in total. The van der Waals surface area contributed by atoms with Crippen LogP contribution < -0.4 is 0 Å². The van der Waals surface area contributed by atoms with E-state index >= 15 is 0 Å². The van der Waals surface area contributed by atoms with E-state index in [-0.39, 0.29) is 18.2 Å². The first-order chi connectivity index (χ1) is 12.4. The lowest BCUT2D eigenvalue weighted by atomic mass is 9.82. The number of ether oxygens (including phenoxy) is 2. The van der Waals surface area contributed by atoms with Gasteiger partial charge in [-0.15, -0.1) is 0 Å². The van der Waals surface area contributed by atoms with Crippen LogP contribution in [0.25, 0.3) is 0 Å². The zero-order chi connectivity index (χ0) is 20.4. The molecule has 1 saturated heterocycles. The molecule has 1 amide bonds. The van der Waals surface area contributed by atoms with Gasteiger partial charge in [-0.05, 0) is 59.3 Å². The maximum atomic E-state index is 13.1. The molecule has 1 aliphatic heterocycles. The third-order valence-corrected chi connectivity index (χ3v) is 5.70. The summed E-state index contributed by atoms with van der Waals surface area (Å²) < 4.78 is 12.0. The monoisotopic (exact) mass is 383 g/mol. The molecular weight excluding hydrogens is 342 g/mol. The summed E-state index contributed by atoms with van der Waals surface area (Å²) in [6, 6.07) is -0.147. The number of carbonyl (C=O) groups is 1. The number of rotatable bonds is 5. The van der Waals surface area contributed by atoms with Crippen LogP contribution in [0.5, 0.6) is 0 Å². The van der Waals surface area contributed by atoms with E-state index in [9.17, 15) is 9.90 Å². The van der Waals surface area contributed by atoms with E-state index in [1.807, 2.05) is 34.6 Å². The van der Waals surface area contributed by atoms with Crippen molar-refractivity contribution in [2.24, 2.45) is 11.8 Å². The maximum Gasteiger partial charge on any atom is 0.412 e. The molecule has 1 heterocycles. The molecular formula is C22H41NO4. The average molecular weight is 384 g/mol. The SMILES string of the molecule is CC(C)C[C@H](O)[C@@H]1OC(C)(C)N(C(=O)OC(C)(C)C)[C@H]1CC1CCCCC1. The van der Waals surface area contributed by atoms with Gasteiger partial charge in [0.05, 0.1) is 12.1 Å². The summed E-state index contributed by atoms with van der Waals surface area (Å²) in [5.41, 5.74) is -1.35. The Bertz CT molecular complexity index is 491. The average Bonchev–Trinajstić information content (AvgIpc) is 2.77. The van der Waals surface area contributed by atoms with E-state index in [4.69, 9.17) is 9.47 Å². The second kappa shape index (κ2) is 8.69. The number of aliphatic hydroxyl groups excluding tert-OH is 1. The van der Waals surface area contributed by atoms with Crippen molar-refractivity contribution in [3.05, 3.63) is 0 Å². The molecule has 5 nitrogen and oxygen atoms in total. The van der Waals surface area contributed by atoms with Gasteiger partial charge >= 0.3 is 6.09 Å². The van der Waals surface area contributed by atoms with Crippen molar-refractivity contribution in [3.8, 4) is 0 Å². The van der Waals surface area contributed by atoms with Crippen LogP contribution in [-0.4, -0.2) is 45.7 Å². The topological polar surface area (TPSA) is 59.0 Å². The number of carbonyl (C=O) groups excluding carboxylic acids is 1. The molecule has 0 radical (unpaired) electrons. The number of amides is 1. The molecule has 0 aromatic rings. The fraction of sp³-hybridized carbons (Fsp3) is 0.955. The largest absolute Gasteiger partial charge is 0.444 e. The Hall–Kier alpha value is -0.810. The lowest BCUT2D eigenvalue weighted by molar-refractivity contribution is -0.106. The molecule has 0 unspecified atom stereocenters. The Labute approximate surface area is 165 Å². The number of aliphatic hydroxyl groups is 1. The summed E-state index contributed by atoms with van der Waals surface area (Å²) in [4.78, 5) is 14.8. The van der Waals surface area contributed by atoms with Gasteiger partial charge in [-0.3, -0.25) is 4.90 Å². The highest BCUT2D eigenvalue weighted by Gasteiger charge is 2.53. The summed E-state index contributed by atoms with van der Waals surface area (Å²) >= 11 is 0. The van der Waals surface area contributed by atoms with Crippen molar-refractivity contribution in [2.75, 3.05) is 0 Å². The Balaban J connectivity index is 2.26. The van der Waals surface area contributed by atoms with Gasteiger partial charge in [0.25, 0.3) is 0 Å². The van der Waals surface area contributed by atoms with Gasteiger partial charge in [0, 0.05) is 0 Å². The van der Waals surface area contributed by atoms with Crippen LogP contribution in [0.1, 0.15) is 93.4 Å². The smallest absolute Gasteiger partial charge is 0.412 e. The summed E-state index contributed by atoms with van der Waals surface area (Å²) in [7, 11) is 0. The Kier molecular flexibility index (Phi) is 7.23. The summed E-state index contributed by atoms with van der Waals surface area (Å²) in [6.07, 6.45) is 6.48. The van der Waals surface area contributed by atoms with Crippen LogP contribution in [0.2, 0.25) is 0 Å². The predicted octanol–water partition coefficient (Wildman–Crippen LogP) is 5.10.